The van der Waals surface area contributed by atoms with Crippen LogP contribution < -0.4 is 10.1 Å². The predicted molar refractivity (Wildman–Crippen MR) is 106 cm³/mol. The lowest BCUT2D eigenvalue weighted by Gasteiger charge is -2.18. The van der Waals surface area contributed by atoms with Gasteiger partial charge in [-0.25, -0.2) is 8.42 Å². The van der Waals surface area contributed by atoms with E-state index in [9.17, 15) is 13.2 Å². The molecule has 8 heteroatoms. The highest BCUT2D eigenvalue weighted by molar-refractivity contribution is 7.91. The molecule has 28 heavy (non-hydrogen) atoms. The largest absolute Gasteiger partial charge is 0.493 e. The second-order valence-electron chi connectivity index (χ2n) is 6.66. The molecule has 2 N–H and O–H groups in total. The van der Waals surface area contributed by atoms with Crippen molar-refractivity contribution in [1.82, 2.24) is 5.32 Å². The number of ether oxygens (including phenoxy) is 1. The maximum atomic E-state index is 12.5. The summed E-state index contributed by atoms with van der Waals surface area (Å²) in [5, 5.41) is 12.5. The summed E-state index contributed by atoms with van der Waals surface area (Å²) < 4.78 is 29.6. The van der Waals surface area contributed by atoms with Crippen LogP contribution >= 0.6 is 11.6 Å². The fourth-order valence-corrected chi connectivity index (χ4v) is 4.37. The minimum Gasteiger partial charge on any atom is -0.493 e. The van der Waals surface area contributed by atoms with Crippen LogP contribution in [0.25, 0.3) is 0 Å². The van der Waals surface area contributed by atoms with Crippen LogP contribution in [0.15, 0.2) is 47.4 Å². The van der Waals surface area contributed by atoms with E-state index in [4.69, 9.17) is 21.4 Å². The van der Waals surface area contributed by atoms with Gasteiger partial charge in [-0.1, -0.05) is 29.8 Å². The van der Waals surface area contributed by atoms with Crippen LogP contribution in [0.1, 0.15) is 30.0 Å². The number of carbonyl (C=O) groups is 1. The van der Waals surface area contributed by atoms with Crippen molar-refractivity contribution in [3.63, 3.8) is 0 Å². The maximum absolute atomic E-state index is 12.5. The molecule has 2 aromatic rings. The van der Waals surface area contributed by atoms with Crippen molar-refractivity contribution in [2.24, 2.45) is 0 Å². The summed E-state index contributed by atoms with van der Waals surface area (Å²) >= 11 is 6.03. The summed E-state index contributed by atoms with van der Waals surface area (Å²) in [6.07, 6.45) is 1.72. The van der Waals surface area contributed by atoms with Crippen molar-refractivity contribution in [3.8, 4) is 5.75 Å². The van der Waals surface area contributed by atoms with Crippen molar-refractivity contribution >= 4 is 27.3 Å². The van der Waals surface area contributed by atoms with E-state index in [1.165, 1.54) is 12.1 Å². The van der Waals surface area contributed by atoms with Gasteiger partial charge in [0.15, 0.2) is 9.84 Å². The van der Waals surface area contributed by atoms with E-state index in [1.54, 1.807) is 24.3 Å². The van der Waals surface area contributed by atoms with Crippen molar-refractivity contribution in [3.05, 3.63) is 58.6 Å². The highest BCUT2D eigenvalue weighted by atomic mass is 35.5. The van der Waals surface area contributed by atoms with E-state index in [1.807, 2.05) is 6.07 Å². The summed E-state index contributed by atoms with van der Waals surface area (Å²) in [4.78, 5) is 12.7. The molecule has 1 amide bonds. The molecule has 6 nitrogen and oxygen atoms in total. The standard InChI is InChI=1S/C20H22ClNO5S/c21-15-5-8-17-18(2-1-10-27-19(17)13-15)22-20(24)12-14-3-6-16(7-4-14)28(25,26)11-9-23/h3-8,13,18,23H,1-2,9-12H2,(H,22,24). The molecule has 0 fully saturated rings. The van der Waals surface area contributed by atoms with Gasteiger partial charge in [0.1, 0.15) is 5.75 Å². The molecule has 0 aromatic heterocycles. The Morgan fingerprint density at radius 2 is 1.96 bits per heavy atom. The monoisotopic (exact) mass is 423 g/mol. The van der Waals surface area contributed by atoms with Gasteiger partial charge in [-0.3, -0.25) is 4.79 Å². The zero-order chi connectivity index (χ0) is 20.1. The Labute approximate surface area is 169 Å². The second kappa shape index (κ2) is 8.94. The number of hydrogen-bond donors (Lipinski definition) is 2. The van der Waals surface area contributed by atoms with Crippen molar-refractivity contribution in [2.75, 3.05) is 19.0 Å². The highest BCUT2D eigenvalue weighted by Crippen LogP contribution is 2.33. The first-order valence-corrected chi connectivity index (χ1v) is 11.1. The van der Waals surface area contributed by atoms with Gasteiger partial charge in [-0.05, 0) is 42.7 Å². The number of aliphatic hydroxyl groups is 1. The normalized spacial score (nSPS) is 16.6. The average molecular weight is 424 g/mol. The molecular formula is C20H22ClNO5S. The molecule has 150 valence electrons. The summed E-state index contributed by atoms with van der Waals surface area (Å²) in [5.41, 5.74) is 1.61. The molecular weight excluding hydrogens is 402 g/mol. The third-order valence-electron chi connectivity index (χ3n) is 4.59. The molecule has 0 saturated carbocycles. The Balaban J connectivity index is 1.68. The average Bonchev–Trinajstić information content (AvgIpc) is 2.84. The molecule has 0 aliphatic carbocycles. The van der Waals surface area contributed by atoms with Gasteiger partial charge in [-0.2, -0.15) is 0 Å². The van der Waals surface area contributed by atoms with Crippen LogP contribution in [0.5, 0.6) is 5.75 Å². The number of rotatable bonds is 6. The van der Waals surface area contributed by atoms with Gasteiger partial charge in [0.25, 0.3) is 0 Å². The van der Waals surface area contributed by atoms with Crippen LogP contribution in [0.4, 0.5) is 0 Å². The lowest BCUT2D eigenvalue weighted by molar-refractivity contribution is -0.121. The molecule has 0 radical (unpaired) electrons. The predicted octanol–water partition coefficient (Wildman–Crippen LogP) is 2.68. The minimum atomic E-state index is -3.49. The van der Waals surface area contributed by atoms with E-state index in [0.717, 1.165) is 18.4 Å². The molecule has 3 rings (SSSR count). The molecule has 1 atom stereocenters. The molecule has 2 aromatic carbocycles. The number of aliphatic hydroxyl groups excluding tert-OH is 1. The smallest absolute Gasteiger partial charge is 0.224 e. The van der Waals surface area contributed by atoms with Crippen molar-refractivity contribution in [2.45, 2.75) is 30.2 Å². The molecule has 1 aliphatic heterocycles. The van der Waals surface area contributed by atoms with E-state index < -0.39 is 16.4 Å². The number of hydrogen-bond acceptors (Lipinski definition) is 5. The third-order valence-corrected chi connectivity index (χ3v) is 6.53. The fourth-order valence-electron chi connectivity index (χ4n) is 3.18. The Bertz CT molecular complexity index is 944. The van der Waals surface area contributed by atoms with E-state index in [0.29, 0.717) is 22.9 Å². The highest BCUT2D eigenvalue weighted by Gasteiger charge is 2.22. The van der Waals surface area contributed by atoms with Crippen LogP contribution in [0.2, 0.25) is 5.02 Å². The van der Waals surface area contributed by atoms with E-state index in [2.05, 4.69) is 5.32 Å². The molecule has 0 saturated heterocycles. The third kappa shape index (κ3) is 5.04. The van der Waals surface area contributed by atoms with Crippen LogP contribution in [-0.4, -0.2) is 38.4 Å². The molecule has 0 spiro atoms. The first kappa shape index (κ1) is 20.6. The zero-order valence-electron chi connectivity index (χ0n) is 15.2. The number of halogens is 1. The number of benzene rings is 2. The SMILES string of the molecule is O=C(Cc1ccc(S(=O)(=O)CCO)cc1)NC1CCCOc2cc(Cl)ccc21. The number of fused-ring (bicyclic) bond motifs is 1. The Hall–Kier alpha value is -2.09. The number of amides is 1. The topological polar surface area (TPSA) is 92.7 Å². The Morgan fingerprint density at radius 1 is 1.21 bits per heavy atom. The van der Waals surface area contributed by atoms with E-state index in [-0.39, 0.29) is 29.0 Å². The Kier molecular flexibility index (Phi) is 6.59. The number of nitrogens with one attached hydrogen (secondary N) is 1. The second-order valence-corrected chi connectivity index (χ2v) is 9.20. The molecule has 1 unspecified atom stereocenters. The van der Waals surface area contributed by atoms with Gasteiger partial charge in [0.05, 0.1) is 36.3 Å². The minimum absolute atomic E-state index is 0.137. The first-order valence-electron chi connectivity index (χ1n) is 9.03. The van der Waals surface area contributed by atoms with Gasteiger partial charge >= 0.3 is 0 Å². The first-order chi connectivity index (χ1) is 13.4. The van der Waals surface area contributed by atoms with Gasteiger partial charge in [0.2, 0.25) is 5.91 Å². The number of sulfone groups is 1. The zero-order valence-corrected chi connectivity index (χ0v) is 16.8. The van der Waals surface area contributed by atoms with Gasteiger partial charge in [-0.15, -0.1) is 0 Å². The molecule has 0 bridgehead atoms. The summed E-state index contributed by atoms with van der Waals surface area (Å²) in [6.45, 7) is 0.147. The lowest BCUT2D eigenvalue weighted by atomic mass is 10.0. The molecule has 1 heterocycles. The summed E-state index contributed by atoms with van der Waals surface area (Å²) in [7, 11) is -3.49. The van der Waals surface area contributed by atoms with Crippen LogP contribution in [-0.2, 0) is 21.1 Å². The number of carbonyl (C=O) groups excluding carboxylic acids is 1. The maximum Gasteiger partial charge on any atom is 0.224 e. The van der Waals surface area contributed by atoms with Gasteiger partial charge in [0, 0.05) is 10.6 Å². The summed E-state index contributed by atoms with van der Waals surface area (Å²) in [5.74, 6) is 0.215. The lowest BCUT2D eigenvalue weighted by Crippen LogP contribution is -2.29. The Morgan fingerprint density at radius 3 is 2.68 bits per heavy atom. The van der Waals surface area contributed by atoms with Crippen LogP contribution in [0, 0.1) is 0 Å². The van der Waals surface area contributed by atoms with Crippen molar-refractivity contribution < 1.29 is 23.1 Å². The van der Waals surface area contributed by atoms with Gasteiger partial charge < -0.3 is 15.2 Å². The quantitative estimate of drug-likeness (QED) is 0.745. The molecule has 1 aliphatic rings. The van der Waals surface area contributed by atoms with Crippen LogP contribution in [0.3, 0.4) is 0 Å². The van der Waals surface area contributed by atoms with Crippen molar-refractivity contribution in [1.29, 1.82) is 0 Å². The fraction of sp³-hybridized carbons (Fsp3) is 0.350. The summed E-state index contributed by atoms with van der Waals surface area (Å²) in [6, 6.07) is 11.4. The van der Waals surface area contributed by atoms with E-state index >= 15 is 0 Å².